The molecule has 0 spiro atoms. The molecule has 7 nitrogen and oxygen atoms in total. The van der Waals surface area contributed by atoms with Crippen LogP contribution < -0.4 is 10.6 Å². The number of guanidine groups is 1. The fourth-order valence-corrected chi connectivity index (χ4v) is 3.23. The number of hydrogen-bond acceptors (Lipinski definition) is 3. The molecule has 0 radical (unpaired) electrons. The summed E-state index contributed by atoms with van der Waals surface area (Å²) in [7, 11) is 3.61. The van der Waals surface area contributed by atoms with Gasteiger partial charge in [-0.1, -0.05) is 23.2 Å². The molecule has 2 aromatic heterocycles. The van der Waals surface area contributed by atoms with E-state index in [1.165, 1.54) is 12.8 Å². The number of halogens is 2. The van der Waals surface area contributed by atoms with Crippen molar-refractivity contribution < 1.29 is 0 Å². The second-order valence-electron chi connectivity index (χ2n) is 5.75. The molecule has 0 fully saturated rings. The van der Waals surface area contributed by atoms with Crippen LogP contribution >= 0.6 is 23.2 Å². The van der Waals surface area contributed by atoms with Gasteiger partial charge >= 0.3 is 0 Å². The van der Waals surface area contributed by atoms with Crippen molar-refractivity contribution in [2.45, 2.75) is 38.9 Å². The van der Waals surface area contributed by atoms with Crippen molar-refractivity contribution in [1.82, 2.24) is 30.0 Å². The van der Waals surface area contributed by atoms with Gasteiger partial charge in [-0.25, -0.2) is 0 Å². The van der Waals surface area contributed by atoms with Crippen molar-refractivity contribution in [2.24, 2.45) is 12.0 Å². The van der Waals surface area contributed by atoms with Gasteiger partial charge in [0.1, 0.15) is 11.0 Å². The van der Waals surface area contributed by atoms with Crippen LogP contribution in [0.15, 0.2) is 11.1 Å². The lowest BCUT2D eigenvalue weighted by Crippen LogP contribution is -2.37. The fraction of sp³-hybridized carbons (Fsp3) is 0.533. The van der Waals surface area contributed by atoms with Gasteiger partial charge in [-0.15, -0.1) is 10.2 Å². The Labute approximate surface area is 151 Å². The monoisotopic (exact) mass is 369 g/mol. The maximum atomic E-state index is 6.08. The summed E-state index contributed by atoms with van der Waals surface area (Å²) >= 11 is 12.1. The number of nitrogens with one attached hydrogen (secondary N) is 2. The van der Waals surface area contributed by atoms with Crippen LogP contribution in [0, 0.1) is 0 Å². The van der Waals surface area contributed by atoms with Gasteiger partial charge in [0.15, 0.2) is 11.8 Å². The Morgan fingerprint density at radius 2 is 2.04 bits per heavy atom. The van der Waals surface area contributed by atoms with E-state index in [4.69, 9.17) is 23.2 Å². The quantitative estimate of drug-likeness (QED) is 0.639. The van der Waals surface area contributed by atoms with Crippen LogP contribution in [0.5, 0.6) is 0 Å². The smallest absolute Gasteiger partial charge is 0.191 e. The number of aryl methyl sites for hydroxylation is 1. The Kier molecular flexibility index (Phi) is 5.30. The highest BCUT2D eigenvalue weighted by Crippen LogP contribution is 2.24. The number of aliphatic imine (C=N–C) groups is 1. The van der Waals surface area contributed by atoms with Crippen LogP contribution in [0.2, 0.25) is 10.2 Å². The first-order chi connectivity index (χ1) is 11.6. The van der Waals surface area contributed by atoms with Gasteiger partial charge < -0.3 is 19.8 Å². The Morgan fingerprint density at radius 1 is 1.25 bits per heavy atom. The molecule has 0 amide bonds. The van der Waals surface area contributed by atoms with E-state index in [2.05, 4.69) is 30.4 Å². The molecule has 2 aromatic rings. The zero-order valence-corrected chi connectivity index (χ0v) is 15.3. The minimum absolute atomic E-state index is 0.534. The Balaban J connectivity index is 1.57. The molecule has 2 N–H and O–H groups in total. The van der Waals surface area contributed by atoms with Crippen LogP contribution in [-0.4, -0.2) is 32.3 Å². The van der Waals surface area contributed by atoms with Gasteiger partial charge in [-0.3, -0.25) is 4.99 Å². The first kappa shape index (κ1) is 17.1. The van der Waals surface area contributed by atoms with Crippen molar-refractivity contribution in [3.05, 3.63) is 33.6 Å². The number of fused-ring (bicyclic) bond motifs is 1. The van der Waals surface area contributed by atoms with E-state index in [0.29, 0.717) is 29.2 Å². The van der Waals surface area contributed by atoms with Crippen LogP contribution in [0.25, 0.3) is 0 Å². The second kappa shape index (κ2) is 7.44. The highest BCUT2D eigenvalue weighted by Gasteiger charge is 2.16. The summed E-state index contributed by atoms with van der Waals surface area (Å²) in [6.07, 6.45) is 3.38. The molecular weight excluding hydrogens is 349 g/mol. The normalized spacial score (nSPS) is 14.6. The van der Waals surface area contributed by atoms with Crippen molar-refractivity contribution >= 4 is 29.2 Å². The van der Waals surface area contributed by atoms with Gasteiger partial charge in [0.2, 0.25) is 0 Å². The topological polar surface area (TPSA) is 72.1 Å². The van der Waals surface area contributed by atoms with E-state index in [1.807, 2.05) is 17.7 Å². The molecule has 9 heteroatoms. The van der Waals surface area contributed by atoms with Crippen molar-refractivity contribution in [2.75, 3.05) is 7.05 Å². The van der Waals surface area contributed by atoms with Crippen LogP contribution in [0.1, 0.15) is 30.2 Å². The third-order valence-electron chi connectivity index (χ3n) is 4.23. The average Bonchev–Trinajstić information content (AvgIpc) is 3.12. The summed E-state index contributed by atoms with van der Waals surface area (Å²) < 4.78 is 4.04. The Hall–Kier alpha value is -1.73. The summed E-state index contributed by atoms with van der Waals surface area (Å²) in [5.74, 6) is 2.71. The van der Waals surface area contributed by atoms with E-state index < -0.39 is 0 Å². The molecule has 0 aliphatic carbocycles. The molecule has 0 saturated heterocycles. The molecule has 3 heterocycles. The van der Waals surface area contributed by atoms with Gasteiger partial charge in [-0.2, -0.15) is 0 Å². The average molecular weight is 370 g/mol. The van der Waals surface area contributed by atoms with Crippen LogP contribution in [0.3, 0.4) is 0 Å². The maximum absolute atomic E-state index is 6.08. The van der Waals surface area contributed by atoms with Crippen molar-refractivity contribution in [1.29, 1.82) is 0 Å². The molecule has 0 aromatic carbocycles. The van der Waals surface area contributed by atoms with Crippen LogP contribution in [0.4, 0.5) is 0 Å². The fourth-order valence-electron chi connectivity index (χ4n) is 2.82. The lowest BCUT2D eigenvalue weighted by molar-refractivity contribution is 0.504. The molecule has 24 heavy (non-hydrogen) atoms. The minimum Gasteiger partial charge on any atom is -0.351 e. The zero-order chi connectivity index (χ0) is 17.1. The minimum atomic E-state index is 0.534. The molecule has 130 valence electrons. The second-order valence-corrected chi connectivity index (χ2v) is 6.52. The molecule has 1 aliphatic rings. The number of hydrogen-bond donors (Lipinski definition) is 2. The Morgan fingerprint density at radius 3 is 2.75 bits per heavy atom. The summed E-state index contributed by atoms with van der Waals surface area (Å²) in [5.41, 5.74) is 0.979. The van der Waals surface area contributed by atoms with E-state index in [9.17, 15) is 0 Å². The summed E-state index contributed by atoms with van der Waals surface area (Å²) in [6.45, 7) is 2.15. The molecule has 1 aliphatic heterocycles. The first-order valence-electron chi connectivity index (χ1n) is 7.95. The zero-order valence-electron chi connectivity index (χ0n) is 13.8. The summed E-state index contributed by atoms with van der Waals surface area (Å²) in [4.78, 5) is 4.24. The highest BCUT2D eigenvalue weighted by atomic mass is 35.5. The molecule has 3 rings (SSSR count). The number of nitrogens with zero attached hydrogens (tertiary/aromatic N) is 5. The van der Waals surface area contributed by atoms with Gasteiger partial charge in [0, 0.05) is 32.8 Å². The third-order valence-corrected chi connectivity index (χ3v) is 5.07. The first-order valence-corrected chi connectivity index (χ1v) is 8.70. The third kappa shape index (κ3) is 3.52. The molecule has 0 atom stereocenters. The summed E-state index contributed by atoms with van der Waals surface area (Å²) in [5, 5.41) is 16.1. The largest absolute Gasteiger partial charge is 0.351 e. The van der Waals surface area contributed by atoms with Crippen LogP contribution in [-0.2, 0) is 33.1 Å². The van der Waals surface area contributed by atoms with Gasteiger partial charge in [-0.05, 0) is 18.9 Å². The number of rotatable bonds is 4. The Bertz CT molecular complexity index is 747. The lowest BCUT2D eigenvalue weighted by atomic mass is 10.2. The predicted octanol–water partition coefficient (Wildman–Crippen LogP) is 2.12. The summed E-state index contributed by atoms with van der Waals surface area (Å²) in [6, 6.07) is 1.85. The standard InChI is InChI=1S/C15H21Cl2N7/c1-18-15(19-8-10-7-11(16)14(17)23(10)2)20-9-13-22-21-12-5-3-4-6-24(12)13/h7H,3-6,8-9H2,1-2H3,(H2,18,19,20). The number of aromatic nitrogens is 4. The lowest BCUT2D eigenvalue weighted by Gasteiger charge is -2.16. The van der Waals surface area contributed by atoms with E-state index in [-0.39, 0.29) is 0 Å². The van der Waals surface area contributed by atoms with Gasteiger partial charge in [0.05, 0.1) is 18.1 Å². The SMILES string of the molecule is CN=C(NCc1cc(Cl)c(Cl)n1C)NCc1nnc2n1CCCC2. The molecule has 0 unspecified atom stereocenters. The predicted molar refractivity (Wildman–Crippen MR) is 95.4 cm³/mol. The maximum Gasteiger partial charge on any atom is 0.191 e. The van der Waals surface area contributed by atoms with E-state index in [1.54, 1.807) is 7.05 Å². The molecular formula is C15H21Cl2N7. The molecule has 0 bridgehead atoms. The van der Waals surface area contributed by atoms with Crippen molar-refractivity contribution in [3.8, 4) is 0 Å². The highest BCUT2D eigenvalue weighted by molar-refractivity contribution is 6.41. The van der Waals surface area contributed by atoms with Gasteiger partial charge in [0.25, 0.3) is 0 Å². The van der Waals surface area contributed by atoms with E-state index >= 15 is 0 Å². The van der Waals surface area contributed by atoms with Crippen molar-refractivity contribution in [3.63, 3.8) is 0 Å². The van der Waals surface area contributed by atoms with E-state index in [0.717, 1.165) is 30.3 Å². The molecule has 0 saturated carbocycles.